The van der Waals surface area contributed by atoms with E-state index in [1.54, 1.807) is 0 Å². The molecule has 0 rings (SSSR count). The van der Waals surface area contributed by atoms with E-state index in [2.05, 4.69) is 0 Å². The van der Waals surface area contributed by atoms with Gasteiger partial charge in [-0.25, -0.2) is 0 Å². The third-order valence-corrected chi connectivity index (χ3v) is 5.64. The van der Waals surface area contributed by atoms with Crippen molar-refractivity contribution in [1.29, 1.82) is 0 Å². The molecule has 0 aliphatic carbocycles. The first-order valence-corrected chi connectivity index (χ1v) is 11.8. The van der Waals surface area contributed by atoms with Crippen LogP contribution < -0.4 is 5.73 Å². The Morgan fingerprint density at radius 3 is 1.04 bits per heavy atom. The molecule has 3 heteroatoms. The number of aliphatic hydroxyl groups excluding tert-OH is 2. The number of nitrogens with two attached hydrogens (primary N) is 1. The number of hydrogen-bond donors (Lipinski definition) is 3. The molecule has 0 fully saturated rings. The van der Waals surface area contributed by atoms with E-state index in [1.807, 2.05) is 0 Å². The van der Waals surface area contributed by atoms with Crippen LogP contribution >= 0.6 is 0 Å². The van der Waals surface area contributed by atoms with Crippen molar-refractivity contribution < 1.29 is 10.2 Å². The van der Waals surface area contributed by atoms with Gasteiger partial charge in [0.25, 0.3) is 0 Å². The molecule has 0 atom stereocenters. The molecule has 26 heavy (non-hydrogen) atoms. The van der Waals surface area contributed by atoms with E-state index in [-0.39, 0.29) is 13.2 Å². The minimum absolute atomic E-state index is 0.263. The van der Waals surface area contributed by atoms with Crippen LogP contribution in [0.25, 0.3) is 0 Å². The van der Waals surface area contributed by atoms with Gasteiger partial charge in [-0.1, -0.05) is 103 Å². The first kappa shape index (κ1) is 25.9. The van der Waals surface area contributed by atoms with Gasteiger partial charge < -0.3 is 15.9 Å². The Bertz CT molecular complexity index is 242. The Labute approximate surface area is 164 Å². The Hall–Kier alpha value is -0.120. The third kappa shape index (κ3) is 20.2. The fraction of sp³-hybridized carbons (Fsp3) is 1.00. The standard InChI is InChI=1S/C23H49NO2/c24-20-16-14-12-10-8-6-4-2-1-3-5-7-9-11-13-15-17-23(18-21-25)19-22-26/h23,25-26H,1-22,24H2. The van der Waals surface area contributed by atoms with Crippen LogP contribution in [0.2, 0.25) is 0 Å². The Morgan fingerprint density at radius 1 is 0.423 bits per heavy atom. The summed E-state index contributed by atoms with van der Waals surface area (Å²) in [6.07, 6.45) is 24.9. The first-order valence-electron chi connectivity index (χ1n) is 11.8. The minimum Gasteiger partial charge on any atom is -0.396 e. The maximum absolute atomic E-state index is 9.02. The van der Waals surface area contributed by atoms with Crippen molar-refractivity contribution in [1.82, 2.24) is 0 Å². The molecule has 0 aromatic heterocycles. The summed E-state index contributed by atoms with van der Waals surface area (Å²) in [7, 11) is 0. The van der Waals surface area contributed by atoms with Crippen LogP contribution in [0.15, 0.2) is 0 Å². The second-order valence-electron chi connectivity index (χ2n) is 8.12. The third-order valence-electron chi connectivity index (χ3n) is 5.64. The molecule has 0 aromatic carbocycles. The predicted molar refractivity (Wildman–Crippen MR) is 114 cm³/mol. The zero-order chi connectivity index (χ0) is 19.1. The van der Waals surface area contributed by atoms with Gasteiger partial charge in [-0.3, -0.25) is 0 Å². The van der Waals surface area contributed by atoms with Gasteiger partial charge in [-0.2, -0.15) is 0 Å². The molecule has 4 N–H and O–H groups in total. The highest BCUT2D eigenvalue weighted by atomic mass is 16.3. The minimum atomic E-state index is 0.263. The lowest BCUT2D eigenvalue weighted by atomic mass is 9.94. The number of rotatable bonds is 22. The van der Waals surface area contributed by atoms with Crippen LogP contribution in [0.3, 0.4) is 0 Å². The van der Waals surface area contributed by atoms with Gasteiger partial charge in [0, 0.05) is 13.2 Å². The predicted octanol–water partition coefficient (Wildman–Crippen LogP) is 5.96. The van der Waals surface area contributed by atoms with Crippen LogP contribution in [-0.2, 0) is 0 Å². The lowest BCUT2D eigenvalue weighted by Crippen LogP contribution is -2.05. The summed E-state index contributed by atoms with van der Waals surface area (Å²) in [4.78, 5) is 0. The summed E-state index contributed by atoms with van der Waals surface area (Å²) in [5.41, 5.74) is 5.50. The maximum atomic E-state index is 9.02. The highest BCUT2D eigenvalue weighted by molar-refractivity contribution is 4.59. The van der Waals surface area contributed by atoms with Crippen LogP contribution in [-0.4, -0.2) is 30.0 Å². The van der Waals surface area contributed by atoms with Gasteiger partial charge in [0.2, 0.25) is 0 Å². The van der Waals surface area contributed by atoms with E-state index in [1.165, 1.54) is 109 Å². The quantitative estimate of drug-likeness (QED) is 0.206. The van der Waals surface area contributed by atoms with Crippen LogP contribution in [0.1, 0.15) is 122 Å². The van der Waals surface area contributed by atoms with Crippen molar-refractivity contribution in [3.63, 3.8) is 0 Å². The molecule has 0 aromatic rings. The Morgan fingerprint density at radius 2 is 0.731 bits per heavy atom. The SMILES string of the molecule is NCCCCCCCCCCCCCCCCCCC(CCO)CCO. The fourth-order valence-corrected chi connectivity index (χ4v) is 3.85. The molecule has 0 aliphatic heterocycles. The number of unbranched alkanes of at least 4 members (excludes halogenated alkanes) is 15. The molecule has 0 heterocycles. The fourth-order valence-electron chi connectivity index (χ4n) is 3.85. The summed E-state index contributed by atoms with van der Waals surface area (Å²) in [6.45, 7) is 1.38. The van der Waals surface area contributed by atoms with Crippen molar-refractivity contribution in [3.05, 3.63) is 0 Å². The van der Waals surface area contributed by atoms with Crippen LogP contribution in [0.5, 0.6) is 0 Å². The molecule has 0 bridgehead atoms. The summed E-state index contributed by atoms with van der Waals surface area (Å²) >= 11 is 0. The molecule has 0 amide bonds. The van der Waals surface area contributed by atoms with E-state index in [9.17, 15) is 0 Å². The van der Waals surface area contributed by atoms with E-state index >= 15 is 0 Å². The molecule has 0 aliphatic rings. The Kier molecular flexibility index (Phi) is 22.8. The first-order chi connectivity index (χ1) is 12.8. The normalized spacial score (nSPS) is 11.5. The van der Waals surface area contributed by atoms with Gasteiger partial charge in [0.05, 0.1) is 0 Å². The van der Waals surface area contributed by atoms with Gasteiger partial charge >= 0.3 is 0 Å². The largest absolute Gasteiger partial charge is 0.396 e. The Balaban J connectivity index is 3.13. The van der Waals surface area contributed by atoms with Crippen molar-refractivity contribution in [2.24, 2.45) is 11.7 Å². The van der Waals surface area contributed by atoms with E-state index in [0.717, 1.165) is 19.4 Å². The molecule has 158 valence electrons. The molecule has 0 saturated carbocycles. The molecule has 0 spiro atoms. The molecule has 0 radical (unpaired) electrons. The summed E-state index contributed by atoms with van der Waals surface area (Å²) < 4.78 is 0. The average molecular weight is 372 g/mol. The monoisotopic (exact) mass is 371 g/mol. The van der Waals surface area contributed by atoms with Crippen molar-refractivity contribution in [3.8, 4) is 0 Å². The number of hydrogen-bond acceptors (Lipinski definition) is 3. The van der Waals surface area contributed by atoms with Crippen LogP contribution in [0, 0.1) is 5.92 Å². The topological polar surface area (TPSA) is 66.5 Å². The molecular formula is C23H49NO2. The van der Waals surface area contributed by atoms with Crippen molar-refractivity contribution >= 4 is 0 Å². The highest BCUT2D eigenvalue weighted by Gasteiger charge is 2.06. The summed E-state index contributed by atoms with van der Waals surface area (Å²) in [5, 5.41) is 18.0. The molecule has 0 unspecified atom stereocenters. The molecule has 3 nitrogen and oxygen atoms in total. The van der Waals surface area contributed by atoms with Gasteiger partial charge in [0.1, 0.15) is 0 Å². The lowest BCUT2D eigenvalue weighted by Gasteiger charge is -2.13. The van der Waals surface area contributed by atoms with Crippen LogP contribution in [0.4, 0.5) is 0 Å². The van der Waals surface area contributed by atoms with Gasteiger partial charge in [-0.05, 0) is 31.7 Å². The van der Waals surface area contributed by atoms with E-state index < -0.39 is 0 Å². The second-order valence-corrected chi connectivity index (χ2v) is 8.12. The van der Waals surface area contributed by atoms with Gasteiger partial charge in [0.15, 0.2) is 0 Å². The molecule has 0 saturated heterocycles. The average Bonchev–Trinajstić information content (AvgIpc) is 2.64. The summed E-state index contributed by atoms with van der Waals surface area (Å²) in [6, 6.07) is 0. The molecular weight excluding hydrogens is 322 g/mol. The lowest BCUT2D eigenvalue weighted by molar-refractivity contribution is 0.207. The van der Waals surface area contributed by atoms with Gasteiger partial charge in [-0.15, -0.1) is 0 Å². The maximum Gasteiger partial charge on any atom is 0.0433 e. The highest BCUT2D eigenvalue weighted by Crippen LogP contribution is 2.18. The number of aliphatic hydroxyl groups is 2. The van der Waals surface area contributed by atoms with E-state index in [4.69, 9.17) is 15.9 Å². The second kappa shape index (κ2) is 22.9. The zero-order valence-electron chi connectivity index (χ0n) is 17.6. The summed E-state index contributed by atoms with van der Waals surface area (Å²) in [5.74, 6) is 0.524. The van der Waals surface area contributed by atoms with E-state index in [0.29, 0.717) is 5.92 Å². The smallest absolute Gasteiger partial charge is 0.0433 e. The zero-order valence-corrected chi connectivity index (χ0v) is 17.6. The van der Waals surface area contributed by atoms with Crippen molar-refractivity contribution in [2.45, 2.75) is 122 Å². The van der Waals surface area contributed by atoms with Crippen molar-refractivity contribution in [2.75, 3.05) is 19.8 Å².